The fourth-order valence-electron chi connectivity index (χ4n) is 2.96. The molecule has 0 aliphatic carbocycles. The van der Waals surface area contributed by atoms with Gasteiger partial charge in [-0.25, -0.2) is 4.79 Å². The highest BCUT2D eigenvalue weighted by molar-refractivity contribution is 5.72. The summed E-state index contributed by atoms with van der Waals surface area (Å²) in [5.41, 5.74) is 1.40. The number of hydrogen-bond acceptors (Lipinski definition) is 3. The molecule has 0 aromatic heterocycles. The highest BCUT2D eigenvalue weighted by Gasteiger charge is 2.35. The lowest BCUT2D eigenvalue weighted by Gasteiger charge is -2.40. The molecule has 19 heavy (non-hydrogen) atoms. The Morgan fingerprint density at radius 1 is 1.26 bits per heavy atom. The van der Waals surface area contributed by atoms with Crippen LogP contribution in [0.15, 0.2) is 30.3 Å². The highest BCUT2D eigenvalue weighted by Crippen LogP contribution is 2.29. The van der Waals surface area contributed by atoms with Crippen LogP contribution in [0.4, 0.5) is 0 Å². The van der Waals surface area contributed by atoms with E-state index in [2.05, 4.69) is 29.2 Å². The molecule has 0 bridgehead atoms. The molecule has 0 radical (unpaired) electrons. The molecule has 1 aromatic rings. The number of carboxylic acids is 1. The molecule has 2 saturated heterocycles. The lowest BCUT2D eigenvalue weighted by Crippen LogP contribution is -2.48. The van der Waals surface area contributed by atoms with Gasteiger partial charge in [-0.3, -0.25) is 4.90 Å². The standard InChI is InChI=1S/C15H19NO3/c17-15(18)14-7-6-13(19-14)10-16-8-12(9-16)11-4-2-1-3-5-11/h1-5,12-14H,6-10H2,(H,17,18). The second kappa shape index (κ2) is 5.31. The van der Waals surface area contributed by atoms with Crippen molar-refractivity contribution in [3.8, 4) is 0 Å². The van der Waals surface area contributed by atoms with E-state index in [-0.39, 0.29) is 6.10 Å². The molecule has 2 unspecified atom stereocenters. The van der Waals surface area contributed by atoms with E-state index < -0.39 is 12.1 Å². The fourth-order valence-corrected chi connectivity index (χ4v) is 2.96. The molecule has 0 saturated carbocycles. The van der Waals surface area contributed by atoms with E-state index in [1.807, 2.05) is 6.07 Å². The van der Waals surface area contributed by atoms with Gasteiger partial charge in [-0.05, 0) is 18.4 Å². The molecule has 1 aromatic carbocycles. The van der Waals surface area contributed by atoms with Crippen molar-refractivity contribution in [1.29, 1.82) is 0 Å². The summed E-state index contributed by atoms with van der Waals surface area (Å²) in [4.78, 5) is 13.2. The number of carbonyl (C=O) groups is 1. The third kappa shape index (κ3) is 2.80. The second-order valence-corrected chi connectivity index (χ2v) is 5.49. The Morgan fingerprint density at radius 3 is 2.63 bits per heavy atom. The van der Waals surface area contributed by atoms with Crippen LogP contribution in [0.25, 0.3) is 0 Å². The predicted molar refractivity (Wildman–Crippen MR) is 71.2 cm³/mol. The lowest BCUT2D eigenvalue weighted by molar-refractivity contribution is -0.150. The molecule has 3 rings (SSSR count). The van der Waals surface area contributed by atoms with Crippen LogP contribution >= 0.6 is 0 Å². The van der Waals surface area contributed by atoms with Crippen LogP contribution in [0.5, 0.6) is 0 Å². The van der Waals surface area contributed by atoms with Crippen LogP contribution in [0.1, 0.15) is 24.3 Å². The third-order valence-corrected chi connectivity index (χ3v) is 4.07. The average Bonchev–Trinajstić information content (AvgIpc) is 2.83. The number of rotatable bonds is 4. The molecule has 1 N–H and O–H groups in total. The molecular formula is C15H19NO3. The summed E-state index contributed by atoms with van der Waals surface area (Å²) < 4.78 is 5.53. The molecule has 2 aliphatic heterocycles. The first-order chi connectivity index (χ1) is 9.22. The number of nitrogens with zero attached hydrogens (tertiary/aromatic N) is 1. The summed E-state index contributed by atoms with van der Waals surface area (Å²) in [6, 6.07) is 10.5. The summed E-state index contributed by atoms with van der Waals surface area (Å²) in [5, 5.41) is 8.89. The van der Waals surface area contributed by atoms with Gasteiger partial charge in [0, 0.05) is 25.6 Å². The van der Waals surface area contributed by atoms with Crippen LogP contribution in [-0.2, 0) is 9.53 Å². The maximum atomic E-state index is 10.8. The van der Waals surface area contributed by atoms with Crippen molar-refractivity contribution in [2.24, 2.45) is 0 Å². The van der Waals surface area contributed by atoms with E-state index in [1.54, 1.807) is 0 Å². The molecule has 4 heteroatoms. The predicted octanol–water partition coefficient (Wildman–Crippen LogP) is 1.72. The number of aliphatic carboxylic acids is 1. The number of hydrogen-bond donors (Lipinski definition) is 1. The maximum absolute atomic E-state index is 10.8. The van der Waals surface area contributed by atoms with Crippen LogP contribution < -0.4 is 0 Å². The first-order valence-electron chi connectivity index (χ1n) is 6.88. The minimum Gasteiger partial charge on any atom is -0.479 e. The van der Waals surface area contributed by atoms with Crippen molar-refractivity contribution in [3.05, 3.63) is 35.9 Å². The Hall–Kier alpha value is -1.39. The molecular weight excluding hydrogens is 242 g/mol. The molecule has 102 valence electrons. The molecule has 2 heterocycles. The Labute approximate surface area is 113 Å². The van der Waals surface area contributed by atoms with Crippen LogP contribution in [0.3, 0.4) is 0 Å². The Kier molecular flexibility index (Phi) is 3.53. The monoisotopic (exact) mass is 261 g/mol. The Bertz CT molecular complexity index is 442. The van der Waals surface area contributed by atoms with E-state index >= 15 is 0 Å². The zero-order chi connectivity index (χ0) is 13.2. The summed E-state index contributed by atoms with van der Waals surface area (Å²) in [6.07, 6.45) is 1.02. The topological polar surface area (TPSA) is 49.8 Å². The van der Waals surface area contributed by atoms with E-state index in [9.17, 15) is 4.79 Å². The van der Waals surface area contributed by atoms with Gasteiger partial charge in [-0.15, -0.1) is 0 Å². The zero-order valence-electron chi connectivity index (χ0n) is 10.9. The van der Waals surface area contributed by atoms with Crippen molar-refractivity contribution < 1.29 is 14.6 Å². The van der Waals surface area contributed by atoms with Gasteiger partial charge in [-0.2, -0.15) is 0 Å². The summed E-state index contributed by atoms with van der Waals surface area (Å²) >= 11 is 0. The molecule has 2 atom stereocenters. The molecule has 0 spiro atoms. The molecule has 2 aliphatic rings. The van der Waals surface area contributed by atoms with E-state index in [4.69, 9.17) is 9.84 Å². The summed E-state index contributed by atoms with van der Waals surface area (Å²) in [6.45, 7) is 2.98. The molecule has 2 fully saturated rings. The number of carboxylic acid groups (broad SMARTS) is 1. The minimum atomic E-state index is -0.826. The number of ether oxygens (including phenoxy) is 1. The SMILES string of the molecule is O=C(O)C1CCC(CN2CC(c3ccccc3)C2)O1. The average molecular weight is 261 g/mol. The summed E-state index contributed by atoms with van der Waals surface area (Å²) in [5.74, 6) is -0.203. The van der Waals surface area contributed by atoms with Crippen molar-refractivity contribution in [1.82, 2.24) is 4.90 Å². The third-order valence-electron chi connectivity index (χ3n) is 4.07. The van der Waals surface area contributed by atoms with Gasteiger partial charge in [0.25, 0.3) is 0 Å². The minimum absolute atomic E-state index is 0.0952. The van der Waals surface area contributed by atoms with Crippen molar-refractivity contribution in [2.75, 3.05) is 19.6 Å². The van der Waals surface area contributed by atoms with Gasteiger partial charge in [0.1, 0.15) is 0 Å². The Morgan fingerprint density at radius 2 is 2.00 bits per heavy atom. The van der Waals surface area contributed by atoms with Crippen molar-refractivity contribution >= 4 is 5.97 Å². The normalized spacial score (nSPS) is 28.2. The number of likely N-dealkylation sites (tertiary alicyclic amines) is 1. The lowest BCUT2D eigenvalue weighted by atomic mass is 9.91. The number of benzene rings is 1. The van der Waals surface area contributed by atoms with E-state index in [0.29, 0.717) is 12.3 Å². The van der Waals surface area contributed by atoms with Gasteiger partial charge < -0.3 is 9.84 Å². The van der Waals surface area contributed by atoms with Crippen molar-refractivity contribution in [2.45, 2.75) is 31.0 Å². The second-order valence-electron chi connectivity index (χ2n) is 5.49. The van der Waals surface area contributed by atoms with Crippen molar-refractivity contribution in [3.63, 3.8) is 0 Å². The maximum Gasteiger partial charge on any atom is 0.332 e. The molecule has 4 nitrogen and oxygen atoms in total. The Balaban J connectivity index is 1.44. The van der Waals surface area contributed by atoms with Gasteiger partial charge >= 0.3 is 5.97 Å². The first-order valence-corrected chi connectivity index (χ1v) is 6.88. The molecule has 0 amide bonds. The first kappa shape index (κ1) is 12.6. The fraction of sp³-hybridized carbons (Fsp3) is 0.533. The van der Waals surface area contributed by atoms with E-state index in [0.717, 1.165) is 26.1 Å². The quantitative estimate of drug-likeness (QED) is 0.896. The van der Waals surface area contributed by atoms with Crippen LogP contribution in [0.2, 0.25) is 0 Å². The van der Waals surface area contributed by atoms with E-state index in [1.165, 1.54) is 5.56 Å². The smallest absolute Gasteiger partial charge is 0.332 e. The largest absolute Gasteiger partial charge is 0.479 e. The zero-order valence-corrected chi connectivity index (χ0v) is 10.9. The highest BCUT2D eigenvalue weighted by atomic mass is 16.5. The van der Waals surface area contributed by atoms with Gasteiger partial charge in [0.2, 0.25) is 0 Å². The van der Waals surface area contributed by atoms with Crippen LogP contribution in [0, 0.1) is 0 Å². The van der Waals surface area contributed by atoms with Gasteiger partial charge in [0.05, 0.1) is 6.10 Å². The van der Waals surface area contributed by atoms with Gasteiger partial charge in [-0.1, -0.05) is 30.3 Å². The van der Waals surface area contributed by atoms with Crippen LogP contribution in [-0.4, -0.2) is 47.8 Å². The summed E-state index contributed by atoms with van der Waals surface area (Å²) in [7, 11) is 0. The van der Waals surface area contributed by atoms with Gasteiger partial charge in [0.15, 0.2) is 6.10 Å².